The molecule has 2 aliphatic heterocycles. The summed E-state index contributed by atoms with van der Waals surface area (Å²) in [6.07, 6.45) is 10.9. The minimum absolute atomic E-state index is 0.0938. The number of imidazole rings is 1. The van der Waals surface area contributed by atoms with E-state index in [-0.39, 0.29) is 23.5 Å². The van der Waals surface area contributed by atoms with Crippen LogP contribution in [0.1, 0.15) is 37.7 Å². The van der Waals surface area contributed by atoms with Crippen LogP contribution in [0.25, 0.3) is 0 Å². The lowest BCUT2D eigenvalue weighted by Crippen LogP contribution is -2.55. The fourth-order valence-electron chi connectivity index (χ4n) is 8.62. The molecule has 8 heteroatoms. The zero-order valence-electron chi connectivity index (χ0n) is 27.4. The van der Waals surface area contributed by atoms with Gasteiger partial charge in [0.25, 0.3) is 0 Å². The Labute approximate surface area is 283 Å². The molecule has 2 unspecified atom stereocenters. The molecule has 1 N–H and O–H groups in total. The van der Waals surface area contributed by atoms with Crippen molar-refractivity contribution in [3.8, 4) is 0 Å². The SMILES string of the molecule is CNC(=O)O[C@H]1CCCC1C(Cn1ccnc1)(c1ccccc1)C1CCN(CC2CN(c3ccc(Sc4ccccc4)cc3)C2)CC1. The van der Waals surface area contributed by atoms with Crippen molar-refractivity contribution < 1.29 is 9.53 Å². The van der Waals surface area contributed by atoms with Gasteiger partial charge in [-0.15, -0.1) is 0 Å². The third-order valence-electron chi connectivity index (χ3n) is 10.9. The van der Waals surface area contributed by atoms with E-state index in [0.29, 0.717) is 11.8 Å². The van der Waals surface area contributed by atoms with Gasteiger partial charge in [-0.05, 0) is 93.1 Å². The minimum atomic E-state index is -0.321. The Morgan fingerprint density at radius 2 is 1.62 bits per heavy atom. The van der Waals surface area contributed by atoms with E-state index in [1.807, 2.05) is 24.3 Å². The molecule has 2 saturated heterocycles. The third-order valence-corrected chi connectivity index (χ3v) is 11.9. The van der Waals surface area contributed by atoms with Gasteiger partial charge in [0.05, 0.1) is 6.33 Å². The molecule has 3 fully saturated rings. The second-order valence-electron chi connectivity index (χ2n) is 13.6. The molecule has 0 bridgehead atoms. The van der Waals surface area contributed by atoms with Gasteiger partial charge in [0.1, 0.15) is 6.10 Å². The average molecular weight is 650 g/mol. The molecule has 3 aromatic carbocycles. The molecule has 47 heavy (non-hydrogen) atoms. The Bertz CT molecular complexity index is 1550. The molecule has 4 aromatic rings. The molecule has 7 rings (SSSR count). The fraction of sp³-hybridized carbons (Fsp3) is 0.436. The first kappa shape index (κ1) is 31.8. The molecule has 1 amide bonds. The summed E-state index contributed by atoms with van der Waals surface area (Å²) in [5, 5.41) is 2.70. The summed E-state index contributed by atoms with van der Waals surface area (Å²) in [4.78, 5) is 24.7. The number of piperidine rings is 1. The highest BCUT2D eigenvalue weighted by atomic mass is 32.2. The molecule has 3 atom stereocenters. The van der Waals surface area contributed by atoms with E-state index < -0.39 is 0 Å². The Kier molecular flexibility index (Phi) is 9.87. The number of anilines is 1. The van der Waals surface area contributed by atoms with Crippen molar-refractivity contribution in [3.05, 3.63) is 109 Å². The maximum atomic E-state index is 12.5. The van der Waals surface area contributed by atoms with E-state index in [4.69, 9.17) is 4.74 Å². The van der Waals surface area contributed by atoms with Crippen LogP contribution in [0, 0.1) is 17.8 Å². The second kappa shape index (κ2) is 14.6. The number of hydrogen-bond acceptors (Lipinski definition) is 6. The van der Waals surface area contributed by atoms with Gasteiger partial charge in [-0.2, -0.15) is 0 Å². The topological polar surface area (TPSA) is 62.6 Å². The number of hydrogen-bond donors (Lipinski definition) is 1. The Hall–Kier alpha value is -3.75. The Morgan fingerprint density at radius 1 is 0.915 bits per heavy atom. The maximum Gasteiger partial charge on any atom is 0.407 e. The van der Waals surface area contributed by atoms with Gasteiger partial charge in [-0.25, -0.2) is 9.78 Å². The fourth-order valence-corrected chi connectivity index (χ4v) is 9.45. The highest BCUT2D eigenvalue weighted by Crippen LogP contribution is 2.52. The number of ether oxygens (including phenoxy) is 1. The number of amides is 1. The number of rotatable bonds is 11. The highest BCUT2D eigenvalue weighted by molar-refractivity contribution is 7.99. The number of carbonyl (C=O) groups is 1. The van der Waals surface area contributed by atoms with Gasteiger partial charge in [0, 0.05) is 78.3 Å². The van der Waals surface area contributed by atoms with Gasteiger partial charge in [0.2, 0.25) is 0 Å². The number of nitrogens with zero attached hydrogens (tertiary/aromatic N) is 4. The molecule has 3 heterocycles. The molecule has 246 valence electrons. The average Bonchev–Trinajstić information content (AvgIpc) is 3.79. The van der Waals surface area contributed by atoms with E-state index in [1.54, 1.807) is 7.05 Å². The van der Waals surface area contributed by atoms with Crippen molar-refractivity contribution >= 4 is 23.5 Å². The van der Waals surface area contributed by atoms with Crippen LogP contribution in [0.4, 0.5) is 10.5 Å². The minimum Gasteiger partial charge on any atom is -0.446 e. The summed E-state index contributed by atoms with van der Waals surface area (Å²) in [7, 11) is 1.65. The lowest BCUT2D eigenvalue weighted by molar-refractivity contribution is 0.00204. The molecule has 7 nitrogen and oxygen atoms in total. The largest absolute Gasteiger partial charge is 0.446 e. The molecule has 0 spiro atoms. The zero-order chi connectivity index (χ0) is 32.1. The van der Waals surface area contributed by atoms with E-state index in [9.17, 15) is 4.79 Å². The van der Waals surface area contributed by atoms with Crippen LogP contribution in [0.5, 0.6) is 0 Å². The first-order valence-electron chi connectivity index (χ1n) is 17.3. The van der Waals surface area contributed by atoms with E-state index in [0.717, 1.165) is 71.4 Å². The van der Waals surface area contributed by atoms with Crippen LogP contribution >= 0.6 is 11.8 Å². The third kappa shape index (κ3) is 7.09. The van der Waals surface area contributed by atoms with Gasteiger partial charge in [-0.1, -0.05) is 60.3 Å². The van der Waals surface area contributed by atoms with Crippen molar-refractivity contribution in [1.82, 2.24) is 19.8 Å². The molecule has 0 radical (unpaired) electrons. The Balaban J connectivity index is 1.01. The Morgan fingerprint density at radius 3 is 2.30 bits per heavy atom. The predicted molar refractivity (Wildman–Crippen MR) is 189 cm³/mol. The smallest absolute Gasteiger partial charge is 0.407 e. The summed E-state index contributed by atoms with van der Waals surface area (Å²) in [5.41, 5.74) is 2.54. The molecule has 3 aliphatic rings. The van der Waals surface area contributed by atoms with Crippen molar-refractivity contribution in [2.75, 3.05) is 44.7 Å². The van der Waals surface area contributed by atoms with Crippen molar-refractivity contribution in [1.29, 1.82) is 0 Å². The summed E-state index contributed by atoms with van der Waals surface area (Å²) in [6, 6.07) is 30.7. The summed E-state index contributed by atoms with van der Waals surface area (Å²) in [5.74, 6) is 1.43. The van der Waals surface area contributed by atoms with Crippen LogP contribution in [-0.2, 0) is 16.7 Å². The second-order valence-corrected chi connectivity index (χ2v) is 14.8. The van der Waals surface area contributed by atoms with Crippen LogP contribution < -0.4 is 10.2 Å². The molecule has 1 saturated carbocycles. The monoisotopic (exact) mass is 649 g/mol. The zero-order valence-corrected chi connectivity index (χ0v) is 28.2. The van der Waals surface area contributed by atoms with Gasteiger partial charge < -0.3 is 24.4 Å². The number of benzene rings is 3. The first-order chi connectivity index (χ1) is 23.1. The van der Waals surface area contributed by atoms with Crippen molar-refractivity contribution in [2.45, 2.75) is 60.0 Å². The van der Waals surface area contributed by atoms with Crippen LogP contribution in [0.3, 0.4) is 0 Å². The maximum absolute atomic E-state index is 12.5. The molecular weight excluding hydrogens is 603 g/mol. The number of carbonyl (C=O) groups excluding carboxylic acids is 1. The van der Waals surface area contributed by atoms with Crippen LogP contribution in [0.15, 0.2) is 113 Å². The summed E-state index contributed by atoms with van der Waals surface area (Å²) >= 11 is 1.82. The van der Waals surface area contributed by atoms with Gasteiger partial charge in [-0.3, -0.25) is 0 Å². The van der Waals surface area contributed by atoms with Gasteiger partial charge >= 0.3 is 6.09 Å². The lowest BCUT2D eigenvalue weighted by atomic mass is 9.58. The van der Waals surface area contributed by atoms with Crippen LogP contribution in [0.2, 0.25) is 0 Å². The number of likely N-dealkylation sites (tertiary alicyclic amines) is 1. The summed E-state index contributed by atoms with van der Waals surface area (Å²) < 4.78 is 8.35. The van der Waals surface area contributed by atoms with Crippen molar-refractivity contribution in [3.63, 3.8) is 0 Å². The van der Waals surface area contributed by atoms with E-state index in [1.165, 1.54) is 21.0 Å². The van der Waals surface area contributed by atoms with E-state index in [2.05, 4.69) is 116 Å². The number of alkyl carbamates (subject to hydrolysis) is 1. The number of aromatic nitrogens is 2. The molecular formula is C39H47N5O2S. The highest BCUT2D eigenvalue weighted by Gasteiger charge is 2.53. The van der Waals surface area contributed by atoms with Crippen LogP contribution in [-0.4, -0.2) is 66.4 Å². The number of nitrogens with one attached hydrogen (secondary N) is 1. The standard InChI is InChI=1S/C39H47N5O2S/c1-40-38(45)46-37-14-8-13-36(37)39(28-43-24-21-41-29-43,31-9-4-2-5-10-31)32-19-22-42(23-20-32)25-30-26-44(27-30)33-15-17-35(18-16-33)47-34-11-6-3-7-12-34/h2-7,9-12,15-18,21,24,29-30,32,36-37H,8,13-14,19-20,22-23,25-28H2,1H3,(H,40,45)/t36?,37-,39?/m0/s1. The van der Waals surface area contributed by atoms with E-state index >= 15 is 0 Å². The quantitative estimate of drug-likeness (QED) is 0.183. The van der Waals surface area contributed by atoms with Gasteiger partial charge in [0.15, 0.2) is 0 Å². The lowest BCUT2D eigenvalue weighted by Gasteiger charge is -2.51. The molecule has 1 aromatic heterocycles. The normalized spacial score (nSPS) is 22.0. The summed E-state index contributed by atoms with van der Waals surface area (Å²) in [6.45, 7) is 6.48. The predicted octanol–water partition coefficient (Wildman–Crippen LogP) is 7.35. The molecule has 1 aliphatic carbocycles. The van der Waals surface area contributed by atoms with Crippen molar-refractivity contribution in [2.24, 2.45) is 17.8 Å². The first-order valence-corrected chi connectivity index (χ1v) is 18.1.